The molecule has 9 nitrogen and oxygen atoms in total. The van der Waals surface area contributed by atoms with E-state index in [1.165, 1.54) is 0 Å². The highest BCUT2D eigenvalue weighted by molar-refractivity contribution is 5.92. The van der Waals surface area contributed by atoms with Crippen molar-refractivity contribution in [2.45, 2.75) is 45.1 Å². The van der Waals surface area contributed by atoms with Crippen molar-refractivity contribution in [3.05, 3.63) is 36.0 Å². The van der Waals surface area contributed by atoms with Crippen LogP contribution in [0.2, 0.25) is 0 Å². The van der Waals surface area contributed by atoms with Crippen LogP contribution in [0.5, 0.6) is 5.75 Å². The first-order chi connectivity index (χ1) is 15.9. The second kappa shape index (κ2) is 8.78. The van der Waals surface area contributed by atoms with Crippen LogP contribution < -0.4 is 10.1 Å². The minimum Gasteiger partial charge on any atom is -0.497 e. The van der Waals surface area contributed by atoms with Crippen LogP contribution in [0.25, 0.3) is 0 Å². The summed E-state index contributed by atoms with van der Waals surface area (Å²) >= 11 is 0. The van der Waals surface area contributed by atoms with Crippen molar-refractivity contribution in [3.8, 4) is 5.75 Å². The van der Waals surface area contributed by atoms with Gasteiger partial charge in [0.1, 0.15) is 5.75 Å². The van der Waals surface area contributed by atoms with Crippen molar-refractivity contribution < 1.29 is 18.8 Å². The first-order valence-electron chi connectivity index (χ1n) is 11.7. The van der Waals surface area contributed by atoms with E-state index in [9.17, 15) is 9.59 Å². The summed E-state index contributed by atoms with van der Waals surface area (Å²) in [4.78, 5) is 34.1. The van der Waals surface area contributed by atoms with Gasteiger partial charge in [-0.25, -0.2) is 0 Å². The number of nitrogens with zero attached hydrogens (tertiary/aromatic N) is 4. The number of aromatic nitrogens is 2. The molecule has 3 heterocycles. The summed E-state index contributed by atoms with van der Waals surface area (Å²) in [6.07, 6.45) is 4.81. The van der Waals surface area contributed by atoms with Crippen molar-refractivity contribution in [2.24, 2.45) is 11.3 Å². The zero-order valence-corrected chi connectivity index (χ0v) is 19.2. The lowest BCUT2D eigenvalue weighted by Crippen LogP contribution is -2.45. The number of aryl methyl sites for hydroxylation is 1. The van der Waals surface area contributed by atoms with E-state index in [0.717, 1.165) is 63.2 Å². The van der Waals surface area contributed by atoms with Crippen LogP contribution in [0.3, 0.4) is 0 Å². The number of rotatable bonds is 6. The summed E-state index contributed by atoms with van der Waals surface area (Å²) in [5.41, 5.74) is 0.778. The van der Waals surface area contributed by atoms with Gasteiger partial charge in [0.05, 0.1) is 19.7 Å². The van der Waals surface area contributed by atoms with Crippen LogP contribution in [0.15, 0.2) is 28.8 Å². The molecule has 3 fully saturated rings. The highest BCUT2D eigenvalue weighted by atomic mass is 16.5. The standard InChI is InChI=1S/C24H31N5O4/c1-16-25-22(33-27-16)20-13-24(9-11-28(12-10-24)23(31)17-3-4-17)15-29(20)14-21(30)26-18-5-7-19(32-2)8-6-18/h5-8,17,20H,3-4,9-15H2,1-2H3,(H,26,30). The topological polar surface area (TPSA) is 101 Å². The van der Waals surface area contributed by atoms with E-state index in [0.29, 0.717) is 17.6 Å². The molecule has 2 aromatic rings. The maximum Gasteiger partial charge on any atom is 0.244 e. The Labute approximate surface area is 193 Å². The Bertz CT molecular complexity index is 1010. The molecule has 1 unspecified atom stereocenters. The van der Waals surface area contributed by atoms with Crippen molar-refractivity contribution in [1.82, 2.24) is 19.9 Å². The molecule has 2 saturated heterocycles. The summed E-state index contributed by atoms with van der Waals surface area (Å²) in [7, 11) is 1.61. The number of carbonyl (C=O) groups excluding carboxylic acids is 2. The van der Waals surface area contributed by atoms with E-state index >= 15 is 0 Å². The molecule has 0 bridgehead atoms. The third-order valence-corrected chi connectivity index (χ3v) is 7.22. The number of likely N-dealkylation sites (tertiary alicyclic amines) is 2. The minimum atomic E-state index is -0.0986. The highest BCUT2D eigenvalue weighted by Gasteiger charge is 2.49. The second-order valence-corrected chi connectivity index (χ2v) is 9.68. The Morgan fingerprint density at radius 2 is 1.94 bits per heavy atom. The molecular weight excluding hydrogens is 422 g/mol. The predicted molar refractivity (Wildman–Crippen MR) is 121 cm³/mol. The first-order valence-corrected chi connectivity index (χ1v) is 11.7. The zero-order valence-electron chi connectivity index (χ0n) is 19.2. The van der Waals surface area contributed by atoms with Crippen molar-refractivity contribution in [3.63, 3.8) is 0 Å². The molecule has 5 rings (SSSR count). The van der Waals surface area contributed by atoms with Gasteiger partial charge < -0.3 is 19.5 Å². The van der Waals surface area contributed by atoms with Crippen LogP contribution in [-0.4, -0.2) is 65.0 Å². The molecule has 1 aromatic carbocycles. The molecule has 33 heavy (non-hydrogen) atoms. The Morgan fingerprint density at radius 3 is 2.55 bits per heavy atom. The van der Waals surface area contributed by atoms with Crippen LogP contribution in [-0.2, 0) is 9.59 Å². The van der Waals surface area contributed by atoms with Gasteiger partial charge in [0.15, 0.2) is 5.82 Å². The van der Waals surface area contributed by atoms with Gasteiger partial charge in [0.2, 0.25) is 17.7 Å². The molecule has 3 aliphatic rings. The summed E-state index contributed by atoms with van der Waals surface area (Å²) in [6, 6.07) is 7.20. The van der Waals surface area contributed by atoms with Crippen LogP contribution >= 0.6 is 0 Å². The number of methoxy groups -OCH3 is 1. The smallest absolute Gasteiger partial charge is 0.244 e. The number of hydrogen-bond acceptors (Lipinski definition) is 7. The molecule has 9 heteroatoms. The van der Waals surface area contributed by atoms with E-state index in [1.807, 2.05) is 29.2 Å². The van der Waals surface area contributed by atoms with E-state index in [4.69, 9.17) is 9.26 Å². The van der Waals surface area contributed by atoms with Gasteiger partial charge in [-0.3, -0.25) is 14.5 Å². The number of anilines is 1. The number of benzene rings is 1. The first kappa shape index (κ1) is 21.9. The van der Waals surface area contributed by atoms with Gasteiger partial charge in [-0.15, -0.1) is 0 Å². The Balaban J connectivity index is 1.27. The second-order valence-electron chi connectivity index (χ2n) is 9.68. The van der Waals surface area contributed by atoms with Gasteiger partial charge in [-0.05, 0) is 68.7 Å². The van der Waals surface area contributed by atoms with E-state index in [2.05, 4.69) is 20.4 Å². The van der Waals surface area contributed by atoms with Crippen molar-refractivity contribution >= 4 is 17.5 Å². The fourth-order valence-corrected chi connectivity index (χ4v) is 5.21. The Morgan fingerprint density at radius 1 is 1.21 bits per heavy atom. The lowest BCUT2D eigenvalue weighted by Gasteiger charge is -2.39. The predicted octanol–water partition coefficient (Wildman–Crippen LogP) is 2.79. The molecule has 0 radical (unpaired) electrons. The molecule has 1 aromatic heterocycles. The minimum absolute atomic E-state index is 0.0494. The quantitative estimate of drug-likeness (QED) is 0.718. The molecule has 1 spiro atoms. The molecule has 1 N–H and O–H groups in total. The SMILES string of the molecule is COc1ccc(NC(=O)CN2CC3(CCN(C(=O)C4CC4)CC3)CC2c2nc(C)no2)cc1. The molecule has 2 aliphatic heterocycles. The summed E-state index contributed by atoms with van der Waals surface area (Å²) in [6.45, 7) is 4.40. The maximum absolute atomic E-state index is 12.9. The molecule has 2 amide bonds. The van der Waals surface area contributed by atoms with Gasteiger partial charge in [0.25, 0.3) is 0 Å². The van der Waals surface area contributed by atoms with E-state index in [-0.39, 0.29) is 29.8 Å². The molecule has 176 valence electrons. The molecular formula is C24H31N5O4. The van der Waals surface area contributed by atoms with Crippen molar-refractivity contribution in [2.75, 3.05) is 38.6 Å². The summed E-state index contributed by atoms with van der Waals surface area (Å²) in [5.74, 6) is 2.40. The fourth-order valence-electron chi connectivity index (χ4n) is 5.21. The van der Waals surface area contributed by atoms with Crippen LogP contribution in [0, 0.1) is 18.3 Å². The maximum atomic E-state index is 12.9. The van der Waals surface area contributed by atoms with Gasteiger partial charge in [-0.1, -0.05) is 5.16 Å². The highest BCUT2D eigenvalue weighted by Crippen LogP contribution is 2.49. The van der Waals surface area contributed by atoms with Gasteiger partial charge in [0, 0.05) is 31.2 Å². The number of piperidine rings is 1. The number of nitrogens with one attached hydrogen (secondary N) is 1. The van der Waals surface area contributed by atoms with Crippen LogP contribution in [0.1, 0.15) is 49.9 Å². The normalized spacial score (nSPS) is 22.5. The van der Waals surface area contributed by atoms with E-state index < -0.39 is 0 Å². The van der Waals surface area contributed by atoms with Crippen LogP contribution in [0.4, 0.5) is 5.69 Å². The average molecular weight is 454 g/mol. The lowest BCUT2D eigenvalue weighted by atomic mass is 9.76. The lowest BCUT2D eigenvalue weighted by molar-refractivity contribution is -0.134. The Hall–Kier alpha value is -2.94. The number of ether oxygens (including phenoxy) is 1. The molecule has 1 aliphatic carbocycles. The molecule has 1 saturated carbocycles. The van der Waals surface area contributed by atoms with E-state index in [1.54, 1.807) is 14.0 Å². The van der Waals surface area contributed by atoms with Gasteiger partial charge in [-0.2, -0.15) is 4.98 Å². The van der Waals surface area contributed by atoms with Crippen molar-refractivity contribution in [1.29, 1.82) is 0 Å². The number of carbonyl (C=O) groups is 2. The fraction of sp³-hybridized carbons (Fsp3) is 0.583. The number of hydrogen-bond donors (Lipinski definition) is 1. The summed E-state index contributed by atoms with van der Waals surface area (Å²) in [5, 5.41) is 6.95. The van der Waals surface area contributed by atoms with Gasteiger partial charge >= 0.3 is 0 Å². The third kappa shape index (κ3) is 4.73. The molecule has 1 atom stereocenters. The largest absolute Gasteiger partial charge is 0.497 e. The number of amides is 2. The zero-order chi connectivity index (χ0) is 23.0. The summed E-state index contributed by atoms with van der Waals surface area (Å²) < 4.78 is 10.7. The Kier molecular flexibility index (Phi) is 5.82. The third-order valence-electron chi connectivity index (χ3n) is 7.22. The monoisotopic (exact) mass is 453 g/mol. The average Bonchev–Trinajstić information content (AvgIpc) is 3.49.